The Bertz CT molecular complexity index is 983. The number of hydrogen-bond donors (Lipinski definition) is 1. The molecule has 0 aliphatic heterocycles. The summed E-state index contributed by atoms with van der Waals surface area (Å²) >= 11 is 1.16. The molecule has 27 heavy (non-hydrogen) atoms. The molecule has 1 heterocycles. The van der Waals surface area contributed by atoms with E-state index < -0.39 is 17.7 Å². The molecule has 0 radical (unpaired) electrons. The van der Waals surface area contributed by atoms with Gasteiger partial charge in [-0.15, -0.1) is 11.3 Å². The average Bonchev–Trinajstić information content (AvgIpc) is 3.08. The predicted molar refractivity (Wildman–Crippen MR) is 102 cm³/mol. The summed E-state index contributed by atoms with van der Waals surface area (Å²) < 4.78 is 19.0. The van der Waals surface area contributed by atoms with Crippen LogP contribution in [-0.2, 0) is 16.0 Å². The SMILES string of the molecule is COC(=O)Cc1csc(NC(=O)c2ccc(-c3ccc(C)cc3)cc2F)n1. The molecule has 0 aliphatic carbocycles. The Labute approximate surface area is 159 Å². The van der Waals surface area contributed by atoms with Gasteiger partial charge in [-0.1, -0.05) is 35.9 Å². The Balaban J connectivity index is 1.73. The molecule has 1 aromatic heterocycles. The monoisotopic (exact) mass is 384 g/mol. The summed E-state index contributed by atoms with van der Waals surface area (Å²) in [4.78, 5) is 27.7. The van der Waals surface area contributed by atoms with E-state index in [0.717, 1.165) is 22.5 Å². The smallest absolute Gasteiger partial charge is 0.311 e. The first kappa shape index (κ1) is 18.7. The van der Waals surface area contributed by atoms with Crippen molar-refractivity contribution >= 4 is 28.3 Å². The number of thiazole rings is 1. The van der Waals surface area contributed by atoms with Crippen LogP contribution < -0.4 is 5.32 Å². The summed E-state index contributed by atoms with van der Waals surface area (Å²) in [5.74, 6) is -1.63. The van der Waals surface area contributed by atoms with E-state index in [-0.39, 0.29) is 12.0 Å². The molecule has 3 rings (SSSR count). The molecule has 0 bridgehead atoms. The van der Waals surface area contributed by atoms with Crippen LogP contribution in [0.3, 0.4) is 0 Å². The lowest BCUT2D eigenvalue weighted by molar-refractivity contribution is -0.139. The van der Waals surface area contributed by atoms with Crippen molar-refractivity contribution in [1.29, 1.82) is 0 Å². The fraction of sp³-hybridized carbons (Fsp3) is 0.150. The third-order valence-corrected chi connectivity index (χ3v) is 4.73. The van der Waals surface area contributed by atoms with E-state index in [9.17, 15) is 14.0 Å². The van der Waals surface area contributed by atoms with Gasteiger partial charge in [-0.3, -0.25) is 14.9 Å². The van der Waals surface area contributed by atoms with Crippen LogP contribution in [0.2, 0.25) is 0 Å². The van der Waals surface area contributed by atoms with E-state index in [1.54, 1.807) is 11.4 Å². The number of halogens is 1. The Kier molecular flexibility index (Phi) is 5.61. The van der Waals surface area contributed by atoms with Crippen molar-refractivity contribution in [2.45, 2.75) is 13.3 Å². The maximum atomic E-state index is 14.5. The number of benzene rings is 2. The van der Waals surface area contributed by atoms with E-state index in [1.165, 1.54) is 19.2 Å². The van der Waals surface area contributed by atoms with Crippen LogP contribution in [0.15, 0.2) is 47.8 Å². The molecule has 1 amide bonds. The molecule has 0 aliphatic rings. The maximum Gasteiger partial charge on any atom is 0.311 e. The van der Waals surface area contributed by atoms with Crippen molar-refractivity contribution < 1.29 is 18.7 Å². The van der Waals surface area contributed by atoms with Crippen LogP contribution in [0, 0.1) is 12.7 Å². The number of aryl methyl sites for hydroxylation is 1. The zero-order valence-corrected chi connectivity index (χ0v) is 15.6. The van der Waals surface area contributed by atoms with Gasteiger partial charge >= 0.3 is 5.97 Å². The summed E-state index contributed by atoms with van der Waals surface area (Å²) in [6.07, 6.45) is 0.0163. The molecule has 0 fully saturated rings. The molecule has 5 nitrogen and oxygen atoms in total. The topological polar surface area (TPSA) is 68.3 Å². The highest BCUT2D eigenvalue weighted by atomic mass is 32.1. The largest absolute Gasteiger partial charge is 0.469 e. The van der Waals surface area contributed by atoms with E-state index in [1.807, 2.05) is 31.2 Å². The zero-order chi connectivity index (χ0) is 19.4. The number of carbonyl (C=O) groups excluding carboxylic acids is 2. The van der Waals surface area contributed by atoms with Crippen LogP contribution in [0.1, 0.15) is 21.6 Å². The molecule has 1 N–H and O–H groups in total. The lowest BCUT2D eigenvalue weighted by Gasteiger charge is -2.07. The summed E-state index contributed by atoms with van der Waals surface area (Å²) in [6.45, 7) is 1.98. The third-order valence-electron chi connectivity index (χ3n) is 3.92. The lowest BCUT2D eigenvalue weighted by Crippen LogP contribution is -2.14. The van der Waals surface area contributed by atoms with Gasteiger partial charge in [-0.25, -0.2) is 9.37 Å². The fourth-order valence-electron chi connectivity index (χ4n) is 2.45. The Morgan fingerprint density at radius 2 is 1.85 bits per heavy atom. The Morgan fingerprint density at radius 1 is 1.15 bits per heavy atom. The van der Waals surface area contributed by atoms with E-state index in [2.05, 4.69) is 15.0 Å². The molecule has 7 heteroatoms. The van der Waals surface area contributed by atoms with Crippen molar-refractivity contribution in [3.63, 3.8) is 0 Å². The number of rotatable bonds is 5. The van der Waals surface area contributed by atoms with E-state index in [4.69, 9.17) is 0 Å². The highest BCUT2D eigenvalue weighted by Gasteiger charge is 2.15. The Hall–Kier alpha value is -3.06. The molecule has 0 spiro atoms. The fourth-order valence-corrected chi connectivity index (χ4v) is 3.16. The number of ether oxygens (including phenoxy) is 1. The second kappa shape index (κ2) is 8.09. The van der Waals surface area contributed by atoms with Crippen molar-refractivity contribution in [3.05, 3.63) is 70.5 Å². The first-order valence-electron chi connectivity index (χ1n) is 8.15. The maximum absolute atomic E-state index is 14.5. The van der Waals surface area contributed by atoms with Crippen LogP contribution in [0.4, 0.5) is 9.52 Å². The lowest BCUT2D eigenvalue weighted by atomic mass is 10.0. The molecule has 0 atom stereocenters. The number of methoxy groups -OCH3 is 1. The minimum absolute atomic E-state index is 0.0163. The van der Waals surface area contributed by atoms with Crippen molar-refractivity contribution in [2.75, 3.05) is 12.4 Å². The van der Waals surface area contributed by atoms with Gasteiger partial charge in [0, 0.05) is 5.38 Å². The summed E-state index contributed by atoms with van der Waals surface area (Å²) in [6, 6.07) is 12.2. The van der Waals surface area contributed by atoms with Gasteiger partial charge in [-0.05, 0) is 30.2 Å². The molecule has 0 unspecified atom stereocenters. The molecular weight excluding hydrogens is 367 g/mol. The summed E-state index contributed by atoms with van der Waals surface area (Å²) in [7, 11) is 1.29. The first-order valence-corrected chi connectivity index (χ1v) is 9.03. The van der Waals surface area contributed by atoms with Gasteiger partial charge < -0.3 is 4.74 Å². The standard InChI is InChI=1S/C20H17FN2O3S/c1-12-3-5-13(6-4-12)14-7-8-16(17(21)9-14)19(25)23-20-22-15(11-27-20)10-18(24)26-2/h3-9,11H,10H2,1-2H3,(H,22,23,25). The quantitative estimate of drug-likeness (QED) is 0.669. The predicted octanol–water partition coefficient (Wildman–Crippen LogP) is 4.23. The van der Waals surface area contributed by atoms with Gasteiger partial charge in [-0.2, -0.15) is 0 Å². The van der Waals surface area contributed by atoms with Crippen LogP contribution in [0.25, 0.3) is 11.1 Å². The minimum atomic E-state index is -0.614. The molecule has 0 saturated heterocycles. The van der Waals surface area contributed by atoms with Crippen molar-refractivity contribution in [3.8, 4) is 11.1 Å². The number of nitrogens with one attached hydrogen (secondary N) is 1. The second-order valence-electron chi connectivity index (χ2n) is 5.91. The van der Waals surface area contributed by atoms with Gasteiger partial charge in [0.05, 0.1) is 24.8 Å². The molecular formula is C20H17FN2O3S. The Morgan fingerprint density at radius 3 is 2.52 bits per heavy atom. The number of aromatic nitrogens is 1. The number of amides is 1. The third kappa shape index (κ3) is 4.57. The van der Waals surface area contributed by atoms with Crippen molar-refractivity contribution in [2.24, 2.45) is 0 Å². The molecule has 3 aromatic rings. The first-order chi connectivity index (χ1) is 13.0. The van der Waals surface area contributed by atoms with Gasteiger partial charge in [0.15, 0.2) is 5.13 Å². The normalized spacial score (nSPS) is 10.5. The molecule has 2 aromatic carbocycles. The molecule has 138 valence electrons. The van der Waals surface area contributed by atoms with E-state index >= 15 is 0 Å². The van der Waals surface area contributed by atoms with Crippen LogP contribution in [-0.4, -0.2) is 24.0 Å². The summed E-state index contributed by atoms with van der Waals surface area (Å²) in [5.41, 5.74) is 3.09. The molecule has 0 saturated carbocycles. The second-order valence-corrected chi connectivity index (χ2v) is 6.77. The highest BCUT2D eigenvalue weighted by molar-refractivity contribution is 7.14. The highest BCUT2D eigenvalue weighted by Crippen LogP contribution is 2.24. The minimum Gasteiger partial charge on any atom is -0.469 e. The van der Waals surface area contributed by atoms with Gasteiger partial charge in [0.2, 0.25) is 0 Å². The number of hydrogen-bond acceptors (Lipinski definition) is 5. The van der Waals surface area contributed by atoms with Gasteiger partial charge in [0.1, 0.15) is 5.82 Å². The van der Waals surface area contributed by atoms with Gasteiger partial charge in [0.25, 0.3) is 5.91 Å². The zero-order valence-electron chi connectivity index (χ0n) is 14.8. The van der Waals surface area contributed by atoms with Crippen LogP contribution >= 0.6 is 11.3 Å². The number of carbonyl (C=O) groups is 2. The summed E-state index contributed by atoms with van der Waals surface area (Å²) in [5, 5.41) is 4.49. The number of esters is 1. The number of anilines is 1. The number of nitrogens with zero attached hydrogens (tertiary/aromatic N) is 1. The van der Waals surface area contributed by atoms with Crippen LogP contribution in [0.5, 0.6) is 0 Å². The van der Waals surface area contributed by atoms with E-state index in [0.29, 0.717) is 16.4 Å². The average molecular weight is 384 g/mol. The van der Waals surface area contributed by atoms with Crippen molar-refractivity contribution in [1.82, 2.24) is 4.98 Å².